The van der Waals surface area contributed by atoms with E-state index in [1.165, 1.54) is 6.92 Å². The molecule has 0 aliphatic heterocycles. The predicted molar refractivity (Wildman–Crippen MR) is 75.5 cm³/mol. The molecule has 0 unspecified atom stereocenters. The summed E-state index contributed by atoms with van der Waals surface area (Å²) < 4.78 is 31.5. The largest absolute Gasteiger partial charge is 0.506 e. The number of halogens is 3. The zero-order valence-electron chi connectivity index (χ0n) is 10.2. The Labute approximate surface area is 126 Å². The Kier molecular flexibility index (Phi) is 5.86. The van der Waals surface area contributed by atoms with Crippen molar-refractivity contribution in [1.82, 2.24) is 0 Å². The SMILES string of the molecule is CCOC(=O)C(C=NO)=C(O)c1cc(I)c(F)cc1F. The van der Waals surface area contributed by atoms with Crippen LogP contribution in [-0.4, -0.2) is 29.1 Å². The van der Waals surface area contributed by atoms with Crippen LogP contribution in [0.5, 0.6) is 0 Å². The van der Waals surface area contributed by atoms with E-state index < -0.39 is 34.5 Å². The quantitative estimate of drug-likeness (QED) is 0.120. The van der Waals surface area contributed by atoms with Crippen molar-refractivity contribution in [2.24, 2.45) is 5.16 Å². The Bertz CT molecular complexity index is 587. The molecule has 0 aliphatic rings. The van der Waals surface area contributed by atoms with Crippen molar-refractivity contribution in [3.05, 3.63) is 38.5 Å². The van der Waals surface area contributed by atoms with E-state index in [1.54, 1.807) is 22.6 Å². The molecule has 0 fully saturated rings. The molecule has 0 radical (unpaired) electrons. The first-order valence-corrected chi connectivity index (χ1v) is 6.42. The van der Waals surface area contributed by atoms with Gasteiger partial charge in [0, 0.05) is 9.64 Å². The van der Waals surface area contributed by atoms with Gasteiger partial charge in [0.15, 0.2) is 0 Å². The number of carbonyl (C=O) groups excluding carboxylic acids is 1. The van der Waals surface area contributed by atoms with E-state index in [0.29, 0.717) is 12.3 Å². The van der Waals surface area contributed by atoms with Gasteiger partial charge in [-0.1, -0.05) is 5.16 Å². The van der Waals surface area contributed by atoms with E-state index in [0.717, 1.165) is 6.07 Å². The lowest BCUT2D eigenvalue weighted by Crippen LogP contribution is -2.12. The minimum atomic E-state index is -1.06. The number of aliphatic hydroxyl groups is 1. The Morgan fingerprint density at radius 1 is 1.45 bits per heavy atom. The summed E-state index contributed by atoms with van der Waals surface area (Å²) in [5, 5.41) is 21.0. The number of ether oxygens (including phenoxy) is 1. The number of nitrogens with zero attached hydrogens (tertiary/aromatic N) is 1. The van der Waals surface area contributed by atoms with Gasteiger partial charge in [-0.2, -0.15) is 0 Å². The molecule has 0 saturated heterocycles. The smallest absolute Gasteiger partial charge is 0.343 e. The zero-order chi connectivity index (χ0) is 15.3. The van der Waals surface area contributed by atoms with Crippen molar-refractivity contribution >= 4 is 40.5 Å². The van der Waals surface area contributed by atoms with E-state index in [-0.39, 0.29) is 10.2 Å². The van der Waals surface area contributed by atoms with Gasteiger partial charge in [0.2, 0.25) is 0 Å². The van der Waals surface area contributed by atoms with Gasteiger partial charge in [0.1, 0.15) is 23.0 Å². The standard InChI is InChI=1S/C12H10F2INO4/c1-2-20-12(18)7(5-16-19)11(17)6-3-10(15)9(14)4-8(6)13/h3-5,17,19H,2H2,1H3. The number of hydrogen-bond acceptors (Lipinski definition) is 5. The van der Waals surface area contributed by atoms with Gasteiger partial charge in [-0.15, -0.1) is 0 Å². The molecular weight excluding hydrogens is 387 g/mol. The monoisotopic (exact) mass is 397 g/mol. The highest BCUT2D eigenvalue weighted by Gasteiger charge is 2.20. The molecule has 108 valence electrons. The van der Waals surface area contributed by atoms with Crippen LogP contribution in [0.2, 0.25) is 0 Å². The van der Waals surface area contributed by atoms with Crippen LogP contribution in [0.1, 0.15) is 12.5 Å². The van der Waals surface area contributed by atoms with E-state index >= 15 is 0 Å². The van der Waals surface area contributed by atoms with Gasteiger partial charge < -0.3 is 15.1 Å². The third-order valence-corrected chi connectivity index (χ3v) is 3.03. The zero-order valence-corrected chi connectivity index (χ0v) is 12.4. The Balaban J connectivity index is 3.42. The second-order valence-electron chi connectivity index (χ2n) is 3.47. The van der Waals surface area contributed by atoms with Crippen molar-refractivity contribution < 1.29 is 28.6 Å². The Morgan fingerprint density at radius 2 is 2.10 bits per heavy atom. The molecule has 0 aromatic heterocycles. The fourth-order valence-corrected chi connectivity index (χ4v) is 1.79. The van der Waals surface area contributed by atoms with Crippen LogP contribution in [0.25, 0.3) is 5.76 Å². The lowest BCUT2D eigenvalue weighted by Gasteiger charge is -2.08. The average Bonchev–Trinajstić information content (AvgIpc) is 2.39. The molecule has 0 heterocycles. The lowest BCUT2D eigenvalue weighted by atomic mass is 10.1. The van der Waals surface area contributed by atoms with Crippen LogP contribution < -0.4 is 0 Å². The van der Waals surface area contributed by atoms with Gasteiger partial charge in [-0.3, -0.25) is 0 Å². The summed E-state index contributed by atoms with van der Waals surface area (Å²) in [5.41, 5.74) is -0.950. The first-order valence-electron chi connectivity index (χ1n) is 5.35. The fraction of sp³-hybridized carbons (Fsp3) is 0.167. The van der Waals surface area contributed by atoms with Gasteiger partial charge in [-0.05, 0) is 35.6 Å². The molecule has 1 aromatic carbocycles. The molecule has 20 heavy (non-hydrogen) atoms. The van der Waals surface area contributed by atoms with Crippen LogP contribution >= 0.6 is 22.6 Å². The third-order valence-electron chi connectivity index (χ3n) is 2.20. The number of esters is 1. The summed E-state index contributed by atoms with van der Waals surface area (Å²) >= 11 is 1.60. The maximum Gasteiger partial charge on any atom is 0.343 e. The molecule has 0 saturated carbocycles. The highest BCUT2D eigenvalue weighted by Crippen LogP contribution is 2.24. The lowest BCUT2D eigenvalue weighted by molar-refractivity contribution is -0.137. The van der Waals surface area contributed by atoms with Crippen LogP contribution in [0.15, 0.2) is 22.9 Å². The first-order chi connectivity index (χ1) is 9.42. The summed E-state index contributed by atoms with van der Waals surface area (Å²) in [6.07, 6.45) is 0.614. The maximum atomic E-state index is 13.6. The summed E-state index contributed by atoms with van der Waals surface area (Å²) in [6.45, 7) is 1.54. The number of rotatable bonds is 4. The number of carbonyl (C=O) groups is 1. The van der Waals surface area contributed by atoms with Gasteiger partial charge in [0.05, 0.1) is 18.4 Å². The molecule has 0 bridgehead atoms. The van der Waals surface area contributed by atoms with Gasteiger partial charge >= 0.3 is 5.97 Å². The van der Waals surface area contributed by atoms with Crippen LogP contribution in [0.4, 0.5) is 8.78 Å². The van der Waals surface area contributed by atoms with Gasteiger partial charge in [0.25, 0.3) is 0 Å². The van der Waals surface area contributed by atoms with E-state index in [4.69, 9.17) is 5.21 Å². The van der Waals surface area contributed by atoms with E-state index in [1.807, 2.05) is 0 Å². The molecule has 2 N–H and O–H groups in total. The van der Waals surface area contributed by atoms with Gasteiger partial charge in [-0.25, -0.2) is 13.6 Å². The third kappa shape index (κ3) is 3.65. The van der Waals surface area contributed by atoms with Crippen molar-refractivity contribution in [3.63, 3.8) is 0 Å². The minimum absolute atomic E-state index is 0.0122. The maximum absolute atomic E-state index is 13.6. The van der Waals surface area contributed by atoms with Crippen molar-refractivity contribution in [1.29, 1.82) is 0 Å². The van der Waals surface area contributed by atoms with Crippen LogP contribution in [0, 0.1) is 15.2 Å². The fourth-order valence-electron chi connectivity index (χ4n) is 1.33. The van der Waals surface area contributed by atoms with E-state index in [9.17, 15) is 18.7 Å². The highest BCUT2D eigenvalue weighted by molar-refractivity contribution is 14.1. The number of hydrogen-bond donors (Lipinski definition) is 2. The molecule has 5 nitrogen and oxygen atoms in total. The molecule has 1 aromatic rings. The predicted octanol–water partition coefficient (Wildman–Crippen LogP) is 2.86. The molecule has 0 spiro atoms. The van der Waals surface area contributed by atoms with E-state index in [2.05, 4.69) is 9.89 Å². The molecule has 0 amide bonds. The summed E-state index contributed by atoms with van der Waals surface area (Å²) in [5.74, 6) is -3.67. The molecule has 8 heteroatoms. The normalized spacial score (nSPS) is 12.4. The Hall–Kier alpha value is -1.71. The second kappa shape index (κ2) is 7.17. The first kappa shape index (κ1) is 16.3. The highest BCUT2D eigenvalue weighted by atomic mass is 127. The number of benzene rings is 1. The summed E-state index contributed by atoms with van der Waals surface area (Å²) in [6, 6.07) is 1.59. The molecular formula is C12H10F2INO4. The Morgan fingerprint density at radius 3 is 2.65 bits per heavy atom. The average molecular weight is 397 g/mol. The minimum Gasteiger partial charge on any atom is -0.506 e. The van der Waals surface area contributed by atoms with Crippen molar-refractivity contribution in [2.45, 2.75) is 6.92 Å². The summed E-state index contributed by atoms with van der Waals surface area (Å²) in [7, 11) is 0. The topological polar surface area (TPSA) is 79.1 Å². The number of aliphatic hydroxyl groups excluding tert-OH is 1. The van der Waals surface area contributed by atoms with Crippen molar-refractivity contribution in [2.75, 3.05) is 6.61 Å². The van der Waals surface area contributed by atoms with Crippen molar-refractivity contribution in [3.8, 4) is 0 Å². The summed E-state index contributed by atoms with van der Waals surface area (Å²) in [4.78, 5) is 11.6. The second-order valence-corrected chi connectivity index (χ2v) is 4.64. The molecule has 0 atom stereocenters. The number of oxime groups is 1. The van der Waals surface area contributed by atoms with Crippen LogP contribution in [-0.2, 0) is 9.53 Å². The molecule has 0 aliphatic carbocycles. The molecule has 1 rings (SSSR count). The van der Waals surface area contributed by atoms with Crippen LogP contribution in [0.3, 0.4) is 0 Å².